The largest absolute Gasteiger partial charge is 0.320 e. The van der Waals surface area contributed by atoms with Crippen LogP contribution in [0.4, 0.5) is 0 Å². The molecule has 0 aliphatic carbocycles. The Morgan fingerprint density at radius 3 is 3.22 bits per heavy atom. The molecule has 48 valence electrons. The van der Waals surface area contributed by atoms with Crippen molar-refractivity contribution in [1.82, 2.24) is 0 Å². The summed E-state index contributed by atoms with van der Waals surface area (Å²) in [5.74, 6) is 0. The second-order valence-corrected chi connectivity index (χ2v) is 2.05. The van der Waals surface area contributed by atoms with Gasteiger partial charge in [-0.25, -0.2) is 0 Å². The molecule has 1 unspecified atom stereocenters. The molecular weight excluding hydrogens is 112 g/mol. The fraction of sp³-hybridized carbons (Fsp3) is 0.286. The zero-order valence-electron chi connectivity index (χ0n) is 5.41. The van der Waals surface area contributed by atoms with Gasteiger partial charge in [0.25, 0.3) is 0 Å². The van der Waals surface area contributed by atoms with Crippen LogP contribution in [0.15, 0.2) is 28.9 Å². The molecule has 1 aliphatic rings. The maximum Gasteiger partial charge on any atom is 0.0588 e. The number of nitrogens with zero attached hydrogens (tertiary/aromatic N) is 1. The van der Waals surface area contributed by atoms with E-state index in [0.29, 0.717) is 0 Å². The van der Waals surface area contributed by atoms with E-state index in [1.165, 1.54) is 0 Å². The van der Waals surface area contributed by atoms with Crippen molar-refractivity contribution < 1.29 is 0 Å². The fourth-order valence-corrected chi connectivity index (χ4v) is 0.619. The number of hydrogen-bond donors (Lipinski definition) is 1. The van der Waals surface area contributed by atoms with Crippen LogP contribution in [0.5, 0.6) is 0 Å². The highest BCUT2D eigenvalue weighted by Crippen LogP contribution is 1.98. The molecule has 0 saturated carbocycles. The van der Waals surface area contributed by atoms with Crippen molar-refractivity contribution in [1.29, 1.82) is 0 Å². The van der Waals surface area contributed by atoms with Gasteiger partial charge in [0, 0.05) is 11.9 Å². The highest BCUT2D eigenvalue weighted by Gasteiger charge is 1.92. The van der Waals surface area contributed by atoms with Crippen LogP contribution in [0.2, 0.25) is 0 Å². The molecule has 2 nitrogen and oxygen atoms in total. The molecule has 0 aromatic rings. The van der Waals surface area contributed by atoms with Gasteiger partial charge in [0.1, 0.15) is 0 Å². The van der Waals surface area contributed by atoms with Gasteiger partial charge in [0.2, 0.25) is 0 Å². The third-order valence-electron chi connectivity index (χ3n) is 1.12. The van der Waals surface area contributed by atoms with E-state index in [9.17, 15) is 0 Å². The lowest BCUT2D eigenvalue weighted by Crippen LogP contribution is -2.17. The summed E-state index contributed by atoms with van der Waals surface area (Å²) in [6, 6.07) is -0.0151. The van der Waals surface area contributed by atoms with Gasteiger partial charge in [0.15, 0.2) is 0 Å². The molecule has 1 aliphatic heterocycles. The molecule has 2 heteroatoms. The van der Waals surface area contributed by atoms with Crippen molar-refractivity contribution in [3.05, 3.63) is 23.9 Å². The minimum Gasteiger partial charge on any atom is -0.320 e. The van der Waals surface area contributed by atoms with Gasteiger partial charge in [-0.1, -0.05) is 12.2 Å². The molecule has 1 atom stereocenters. The Morgan fingerprint density at radius 1 is 1.67 bits per heavy atom. The lowest BCUT2D eigenvalue weighted by atomic mass is 10.3. The lowest BCUT2D eigenvalue weighted by Gasteiger charge is -1.91. The smallest absolute Gasteiger partial charge is 0.0588 e. The first kappa shape index (κ1) is 6.23. The monoisotopic (exact) mass is 122 g/mol. The topological polar surface area (TPSA) is 38.4 Å². The Labute approximate surface area is 54.8 Å². The molecule has 0 radical (unpaired) electrons. The van der Waals surface area contributed by atoms with E-state index in [1.807, 2.05) is 25.2 Å². The van der Waals surface area contributed by atoms with Gasteiger partial charge >= 0.3 is 0 Å². The lowest BCUT2D eigenvalue weighted by molar-refractivity contribution is 1.10. The Morgan fingerprint density at radius 2 is 2.44 bits per heavy atom. The summed E-state index contributed by atoms with van der Waals surface area (Å²) in [4.78, 5) is 4.05. The third kappa shape index (κ3) is 1.82. The average Bonchev–Trinajstić information content (AvgIpc) is 1.97. The van der Waals surface area contributed by atoms with Crippen molar-refractivity contribution in [2.24, 2.45) is 10.7 Å². The second kappa shape index (κ2) is 2.60. The first-order valence-corrected chi connectivity index (χ1v) is 2.94. The van der Waals surface area contributed by atoms with Gasteiger partial charge in [-0.05, 0) is 13.0 Å². The van der Waals surface area contributed by atoms with E-state index in [1.54, 1.807) is 6.21 Å². The molecule has 0 saturated heterocycles. The number of rotatable bonds is 0. The maximum atomic E-state index is 5.53. The molecule has 1 rings (SSSR count). The summed E-state index contributed by atoms with van der Waals surface area (Å²) in [5, 5.41) is 0. The minimum absolute atomic E-state index is 0.0151. The van der Waals surface area contributed by atoms with E-state index < -0.39 is 0 Å². The normalized spacial score (nSPS) is 25.6. The van der Waals surface area contributed by atoms with Crippen LogP contribution in [0.1, 0.15) is 6.92 Å². The molecule has 1 heterocycles. The van der Waals surface area contributed by atoms with Gasteiger partial charge in [-0.15, -0.1) is 0 Å². The second-order valence-electron chi connectivity index (χ2n) is 2.05. The van der Waals surface area contributed by atoms with Crippen molar-refractivity contribution in [2.75, 3.05) is 0 Å². The summed E-state index contributed by atoms with van der Waals surface area (Å²) >= 11 is 0. The average molecular weight is 122 g/mol. The van der Waals surface area contributed by atoms with Crippen LogP contribution in [-0.4, -0.2) is 12.3 Å². The van der Waals surface area contributed by atoms with Gasteiger partial charge in [-0.3, -0.25) is 4.99 Å². The van der Waals surface area contributed by atoms with Crippen molar-refractivity contribution in [3.8, 4) is 0 Å². The molecule has 9 heavy (non-hydrogen) atoms. The first-order valence-electron chi connectivity index (χ1n) is 2.94. The van der Waals surface area contributed by atoms with E-state index in [4.69, 9.17) is 5.73 Å². The van der Waals surface area contributed by atoms with Crippen LogP contribution in [-0.2, 0) is 0 Å². The summed E-state index contributed by atoms with van der Waals surface area (Å²) in [7, 11) is 0. The SMILES string of the molecule is CC1=CC=CC(N)C=N1. The molecular formula is C7H10N2. The van der Waals surface area contributed by atoms with Crippen LogP contribution in [0.3, 0.4) is 0 Å². The Bertz CT molecular complexity index is 177. The van der Waals surface area contributed by atoms with Crippen LogP contribution >= 0.6 is 0 Å². The van der Waals surface area contributed by atoms with Crippen molar-refractivity contribution in [2.45, 2.75) is 13.0 Å². The Balaban J connectivity index is 2.75. The van der Waals surface area contributed by atoms with Crippen LogP contribution in [0.25, 0.3) is 0 Å². The number of allylic oxidation sites excluding steroid dienone is 3. The van der Waals surface area contributed by atoms with Gasteiger partial charge in [-0.2, -0.15) is 0 Å². The molecule has 0 fully saturated rings. The Kier molecular flexibility index (Phi) is 1.80. The fourth-order valence-electron chi connectivity index (χ4n) is 0.619. The van der Waals surface area contributed by atoms with E-state index in [0.717, 1.165) is 5.70 Å². The summed E-state index contributed by atoms with van der Waals surface area (Å²) < 4.78 is 0. The van der Waals surface area contributed by atoms with Crippen LogP contribution < -0.4 is 5.73 Å². The van der Waals surface area contributed by atoms with Gasteiger partial charge in [0.05, 0.1) is 6.04 Å². The molecule has 0 aromatic carbocycles. The molecule has 0 bridgehead atoms. The van der Waals surface area contributed by atoms with E-state index in [-0.39, 0.29) is 6.04 Å². The molecule has 0 spiro atoms. The highest BCUT2D eigenvalue weighted by molar-refractivity contribution is 5.68. The Hall–Kier alpha value is -0.890. The van der Waals surface area contributed by atoms with E-state index in [2.05, 4.69) is 4.99 Å². The molecule has 0 amide bonds. The quantitative estimate of drug-likeness (QED) is 0.508. The highest BCUT2D eigenvalue weighted by atomic mass is 14.8. The van der Waals surface area contributed by atoms with Crippen LogP contribution in [0, 0.1) is 0 Å². The molecule has 0 aromatic heterocycles. The number of aliphatic imine (C=N–C) groups is 1. The third-order valence-corrected chi connectivity index (χ3v) is 1.12. The van der Waals surface area contributed by atoms with Crippen molar-refractivity contribution in [3.63, 3.8) is 0 Å². The molecule has 2 N–H and O–H groups in total. The first-order chi connectivity index (χ1) is 4.29. The zero-order valence-corrected chi connectivity index (χ0v) is 5.41. The number of hydrogen-bond acceptors (Lipinski definition) is 2. The summed E-state index contributed by atoms with van der Waals surface area (Å²) in [5.41, 5.74) is 6.53. The van der Waals surface area contributed by atoms with Crippen molar-refractivity contribution >= 4 is 6.21 Å². The predicted octanol–water partition coefficient (Wildman–Crippen LogP) is 0.858. The summed E-state index contributed by atoms with van der Waals surface area (Å²) in [6.45, 7) is 1.94. The van der Waals surface area contributed by atoms with Gasteiger partial charge < -0.3 is 5.73 Å². The minimum atomic E-state index is -0.0151. The standard InChI is InChI=1S/C7H10N2/c1-6-3-2-4-7(8)5-9-6/h2-5,7H,8H2,1H3. The predicted molar refractivity (Wildman–Crippen MR) is 39.4 cm³/mol. The van der Waals surface area contributed by atoms with E-state index >= 15 is 0 Å². The summed E-state index contributed by atoms with van der Waals surface area (Å²) in [6.07, 6.45) is 7.49. The number of nitrogens with two attached hydrogens (primary N) is 1. The maximum absolute atomic E-state index is 5.53. The zero-order chi connectivity index (χ0) is 6.69.